The second-order valence-electron chi connectivity index (χ2n) is 5.17. The molecule has 0 saturated carbocycles. The number of benzene rings is 2. The molecule has 0 spiro atoms. The van der Waals surface area contributed by atoms with Gasteiger partial charge in [0.25, 0.3) is 5.91 Å². The van der Waals surface area contributed by atoms with Gasteiger partial charge in [-0.15, -0.1) is 0 Å². The van der Waals surface area contributed by atoms with Gasteiger partial charge in [0.1, 0.15) is 10.7 Å². The third-order valence-corrected chi connectivity index (χ3v) is 4.54. The van der Waals surface area contributed by atoms with Crippen LogP contribution in [0, 0.1) is 5.82 Å². The summed E-state index contributed by atoms with van der Waals surface area (Å²) in [6.07, 6.45) is 0. The van der Waals surface area contributed by atoms with Gasteiger partial charge in [-0.1, -0.05) is 30.3 Å². The number of halogens is 1. The van der Waals surface area contributed by atoms with E-state index in [1.807, 2.05) is 24.3 Å². The number of nitrogens with one attached hydrogen (secondary N) is 1. The molecule has 0 saturated heterocycles. The van der Waals surface area contributed by atoms with Crippen molar-refractivity contribution in [2.45, 2.75) is 5.92 Å². The number of carbonyl (C=O) groups excluding carboxylic acids is 1. The lowest BCUT2D eigenvalue weighted by molar-refractivity contribution is 0.0953. The molecule has 2 N–H and O–H groups in total. The quantitative estimate of drug-likeness (QED) is 0.756. The van der Waals surface area contributed by atoms with Crippen LogP contribution >= 0.6 is 11.5 Å². The van der Waals surface area contributed by atoms with E-state index in [1.165, 1.54) is 12.1 Å². The molecular formula is C17H15FN2O2S. The molecule has 23 heavy (non-hydrogen) atoms. The summed E-state index contributed by atoms with van der Waals surface area (Å²) in [7, 11) is 0. The lowest BCUT2D eigenvalue weighted by Gasteiger charge is -2.15. The number of fused-ring (bicyclic) bond motifs is 1. The van der Waals surface area contributed by atoms with E-state index < -0.39 is 0 Å². The van der Waals surface area contributed by atoms with E-state index in [-0.39, 0.29) is 30.8 Å². The Bertz CT molecular complexity index is 817. The van der Waals surface area contributed by atoms with Gasteiger partial charge in [-0.05, 0) is 35.3 Å². The van der Waals surface area contributed by atoms with E-state index in [9.17, 15) is 14.3 Å². The Kier molecular flexibility index (Phi) is 4.64. The van der Waals surface area contributed by atoms with E-state index in [0.29, 0.717) is 4.88 Å². The van der Waals surface area contributed by atoms with Crippen LogP contribution in [0.4, 0.5) is 4.39 Å². The molecule has 0 bridgehead atoms. The molecule has 1 unspecified atom stereocenters. The maximum absolute atomic E-state index is 13.0. The fourth-order valence-corrected chi connectivity index (χ4v) is 3.15. The number of rotatable bonds is 5. The van der Waals surface area contributed by atoms with Crippen molar-refractivity contribution in [3.05, 3.63) is 64.8 Å². The highest BCUT2D eigenvalue weighted by atomic mass is 32.1. The second kappa shape index (κ2) is 6.85. The van der Waals surface area contributed by atoms with Crippen molar-refractivity contribution in [3.8, 4) is 0 Å². The molecule has 1 aromatic heterocycles. The fourth-order valence-electron chi connectivity index (χ4n) is 2.37. The van der Waals surface area contributed by atoms with Gasteiger partial charge in [0.2, 0.25) is 0 Å². The first-order valence-corrected chi connectivity index (χ1v) is 7.95. The van der Waals surface area contributed by atoms with Crippen LogP contribution in [0.3, 0.4) is 0 Å². The van der Waals surface area contributed by atoms with Crippen molar-refractivity contribution in [2.24, 2.45) is 0 Å². The number of nitrogens with zero attached hydrogens (tertiary/aromatic N) is 1. The van der Waals surface area contributed by atoms with Gasteiger partial charge < -0.3 is 10.4 Å². The van der Waals surface area contributed by atoms with Crippen LogP contribution in [0.15, 0.2) is 48.5 Å². The maximum Gasteiger partial charge on any atom is 0.263 e. The first-order valence-electron chi connectivity index (χ1n) is 7.18. The number of aromatic nitrogens is 1. The number of aliphatic hydroxyl groups excluding tert-OH is 1. The van der Waals surface area contributed by atoms with Crippen LogP contribution in [-0.2, 0) is 0 Å². The zero-order valence-electron chi connectivity index (χ0n) is 12.2. The van der Waals surface area contributed by atoms with Crippen LogP contribution in [0.25, 0.3) is 10.9 Å². The van der Waals surface area contributed by atoms with E-state index in [1.54, 1.807) is 12.1 Å². The monoisotopic (exact) mass is 330 g/mol. The highest BCUT2D eigenvalue weighted by molar-refractivity contribution is 7.09. The molecule has 0 aliphatic carbocycles. The Morgan fingerprint density at radius 3 is 2.70 bits per heavy atom. The number of hydrogen-bond donors (Lipinski definition) is 2. The predicted molar refractivity (Wildman–Crippen MR) is 88.2 cm³/mol. The second-order valence-corrected chi connectivity index (χ2v) is 5.94. The Labute approximate surface area is 136 Å². The third kappa shape index (κ3) is 3.38. The fraction of sp³-hybridized carbons (Fsp3) is 0.176. The molecule has 3 rings (SSSR count). The summed E-state index contributed by atoms with van der Waals surface area (Å²) in [6, 6.07) is 13.4. The molecule has 1 heterocycles. The minimum atomic E-state index is -0.328. The molecule has 0 radical (unpaired) electrons. The molecule has 1 atom stereocenters. The number of aliphatic hydroxyl groups is 1. The van der Waals surface area contributed by atoms with Crippen LogP contribution < -0.4 is 5.32 Å². The first-order chi connectivity index (χ1) is 11.2. The molecule has 2 aromatic carbocycles. The SMILES string of the molecule is O=C(NCC(CO)c1ccc(F)cc1)c1snc2ccccc12. The van der Waals surface area contributed by atoms with Crippen molar-refractivity contribution in [1.29, 1.82) is 0 Å². The summed E-state index contributed by atoms with van der Waals surface area (Å²) in [5.41, 5.74) is 1.57. The summed E-state index contributed by atoms with van der Waals surface area (Å²) < 4.78 is 17.2. The standard InChI is InChI=1S/C17H15FN2O2S/c18-13-7-5-11(6-8-13)12(10-21)9-19-17(22)16-14-3-1-2-4-15(14)20-23-16/h1-8,12,21H,9-10H2,(H,19,22). The van der Waals surface area contributed by atoms with Crippen molar-refractivity contribution in [3.63, 3.8) is 0 Å². The van der Waals surface area contributed by atoms with Crippen LogP contribution in [0.2, 0.25) is 0 Å². The van der Waals surface area contributed by atoms with E-state index in [4.69, 9.17) is 0 Å². The number of carbonyl (C=O) groups is 1. The van der Waals surface area contributed by atoms with Gasteiger partial charge in [0.05, 0.1) is 12.1 Å². The summed E-state index contributed by atoms with van der Waals surface area (Å²) in [5.74, 6) is -0.825. The minimum absolute atomic E-state index is 0.130. The Balaban J connectivity index is 1.71. The lowest BCUT2D eigenvalue weighted by Crippen LogP contribution is -2.29. The summed E-state index contributed by atoms with van der Waals surface area (Å²) in [6.45, 7) is 0.141. The zero-order chi connectivity index (χ0) is 16.2. The van der Waals surface area contributed by atoms with Gasteiger partial charge in [0.15, 0.2) is 0 Å². The zero-order valence-corrected chi connectivity index (χ0v) is 13.0. The highest BCUT2D eigenvalue weighted by Crippen LogP contribution is 2.22. The maximum atomic E-state index is 13.0. The van der Waals surface area contributed by atoms with Gasteiger partial charge >= 0.3 is 0 Å². The molecule has 3 aromatic rings. The molecule has 0 aliphatic rings. The number of hydrogen-bond acceptors (Lipinski definition) is 4. The summed E-state index contributed by atoms with van der Waals surface area (Å²) >= 11 is 1.15. The van der Waals surface area contributed by atoms with Gasteiger partial charge in [-0.3, -0.25) is 4.79 Å². The minimum Gasteiger partial charge on any atom is -0.396 e. The molecular weight excluding hydrogens is 315 g/mol. The lowest BCUT2D eigenvalue weighted by atomic mass is 10.00. The van der Waals surface area contributed by atoms with Crippen molar-refractivity contribution < 1.29 is 14.3 Å². The topological polar surface area (TPSA) is 62.2 Å². The van der Waals surface area contributed by atoms with E-state index >= 15 is 0 Å². The molecule has 0 aliphatic heterocycles. The third-order valence-electron chi connectivity index (χ3n) is 3.66. The molecule has 118 valence electrons. The largest absolute Gasteiger partial charge is 0.396 e. The highest BCUT2D eigenvalue weighted by Gasteiger charge is 2.16. The van der Waals surface area contributed by atoms with Crippen molar-refractivity contribution >= 4 is 28.3 Å². The Morgan fingerprint density at radius 2 is 1.96 bits per heavy atom. The van der Waals surface area contributed by atoms with E-state index in [2.05, 4.69) is 9.69 Å². The average Bonchev–Trinajstić information content (AvgIpc) is 3.01. The summed E-state index contributed by atoms with van der Waals surface area (Å²) in [4.78, 5) is 12.9. The van der Waals surface area contributed by atoms with Crippen LogP contribution in [0.5, 0.6) is 0 Å². The molecule has 6 heteroatoms. The summed E-state index contributed by atoms with van der Waals surface area (Å²) in [5, 5.41) is 13.1. The average molecular weight is 330 g/mol. The first kappa shape index (κ1) is 15.6. The van der Waals surface area contributed by atoms with Gasteiger partial charge in [-0.2, -0.15) is 4.37 Å². The smallest absolute Gasteiger partial charge is 0.263 e. The predicted octanol–water partition coefficient (Wildman–Crippen LogP) is 2.94. The van der Waals surface area contributed by atoms with Crippen LogP contribution in [-0.4, -0.2) is 28.5 Å². The molecule has 4 nitrogen and oxygen atoms in total. The molecule has 0 fully saturated rings. The van der Waals surface area contributed by atoms with Crippen molar-refractivity contribution in [2.75, 3.05) is 13.2 Å². The number of amides is 1. The van der Waals surface area contributed by atoms with Gasteiger partial charge in [-0.25, -0.2) is 4.39 Å². The van der Waals surface area contributed by atoms with E-state index in [0.717, 1.165) is 28.0 Å². The normalized spacial score (nSPS) is 12.3. The van der Waals surface area contributed by atoms with Gasteiger partial charge in [0, 0.05) is 17.8 Å². The van der Waals surface area contributed by atoms with Crippen LogP contribution in [0.1, 0.15) is 21.2 Å². The molecule has 1 amide bonds. The van der Waals surface area contributed by atoms with Crippen molar-refractivity contribution in [1.82, 2.24) is 9.69 Å². The Morgan fingerprint density at radius 1 is 1.22 bits per heavy atom. The Hall–Kier alpha value is -2.31.